The first kappa shape index (κ1) is 7.37. The second kappa shape index (κ2) is 2.90. The van der Waals surface area contributed by atoms with Crippen LogP contribution in [-0.2, 0) is 6.54 Å². The molecule has 54 valence electrons. The minimum atomic E-state index is 0.0838. The zero-order valence-corrected chi connectivity index (χ0v) is 6.18. The molecule has 0 saturated heterocycles. The summed E-state index contributed by atoms with van der Waals surface area (Å²) in [5.41, 5.74) is 6.02. The molecular formula is C6H8N2OS. The van der Waals surface area contributed by atoms with Crippen LogP contribution in [-0.4, -0.2) is 10.1 Å². The Morgan fingerprint density at radius 3 is 2.90 bits per heavy atom. The summed E-state index contributed by atoms with van der Waals surface area (Å²) in [7, 11) is 0. The molecule has 1 heterocycles. The fourth-order valence-electron chi connectivity index (χ4n) is 0.591. The van der Waals surface area contributed by atoms with Crippen molar-refractivity contribution in [2.45, 2.75) is 11.4 Å². The molecule has 1 rings (SSSR count). The Kier molecular flexibility index (Phi) is 2.13. The molecule has 0 bridgehead atoms. The molecular weight excluding hydrogens is 148 g/mol. The maximum absolute atomic E-state index is 8.96. The van der Waals surface area contributed by atoms with Crippen LogP contribution in [0.15, 0.2) is 17.2 Å². The van der Waals surface area contributed by atoms with Crippen LogP contribution in [0.25, 0.3) is 0 Å². The Labute approximate surface area is 64.3 Å². The molecule has 0 unspecified atom stereocenters. The van der Waals surface area contributed by atoms with Gasteiger partial charge in [0.05, 0.1) is 11.9 Å². The van der Waals surface area contributed by atoms with E-state index in [9.17, 15) is 0 Å². The zero-order chi connectivity index (χ0) is 7.56. The van der Waals surface area contributed by atoms with E-state index in [4.69, 9.17) is 10.8 Å². The summed E-state index contributed by atoms with van der Waals surface area (Å²) in [6.07, 6.45) is 1.34. The van der Waals surface area contributed by atoms with Gasteiger partial charge in [-0.05, 0) is 6.07 Å². The normalized spacial score (nSPS) is 9.80. The van der Waals surface area contributed by atoms with E-state index in [2.05, 4.69) is 17.6 Å². The van der Waals surface area contributed by atoms with Gasteiger partial charge in [-0.25, -0.2) is 0 Å². The number of nitrogens with zero attached hydrogens (tertiary/aromatic N) is 1. The molecule has 0 aromatic carbocycles. The first-order chi connectivity index (χ1) is 4.74. The first-order valence-corrected chi connectivity index (χ1v) is 3.25. The van der Waals surface area contributed by atoms with Crippen molar-refractivity contribution in [2.24, 2.45) is 5.73 Å². The average molecular weight is 156 g/mol. The highest BCUT2D eigenvalue weighted by atomic mass is 32.1. The molecule has 1 aromatic heterocycles. The van der Waals surface area contributed by atoms with Crippen molar-refractivity contribution in [3.63, 3.8) is 0 Å². The van der Waals surface area contributed by atoms with Crippen molar-refractivity contribution in [1.29, 1.82) is 0 Å². The van der Waals surface area contributed by atoms with Gasteiger partial charge in [0.15, 0.2) is 0 Å². The Bertz CT molecular complexity index is 239. The SMILES string of the molecule is NCc1cc(S)c(O)cn1. The van der Waals surface area contributed by atoms with E-state index in [0.29, 0.717) is 11.4 Å². The zero-order valence-electron chi connectivity index (χ0n) is 5.28. The lowest BCUT2D eigenvalue weighted by atomic mass is 10.3. The van der Waals surface area contributed by atoms with Gasteiger partial charge in [0.1, 0.15) is 5.75 Å². The average Bonchev–Trinajstić information content (AvgIpc) is 1.95. The summed E-state index contributed by atoms with van der Waals surface area (Å²) < 4.78 is 0. The van der Waals surface area contributed by atoms with E-state index < -0.39 is 0 Å². The standard InChI is InChI=1S/C6H8N2OS/c7-2-4-1-6(10)5(9)3-8-4/h1,3,9H,2,7H2,(H,8,10). The Morgan fingerprint density at radius 1 is 1.70 bits per heavy atom. The molecule has 0 spiro atoms. The molecule has 0 aliphatic rings. The highest BCUT2D eigenvalue weighted by Gasteiger charge is 1.96. The fraction of sp³-hybridized carbons (Fsp3) is 0.167. The van der Waals surface area contributed by atoms with Crippen LogP contribution in [0.5, 0.6) is 5.75 Å². The number of thiol groups is 1. The molecule has 3 N–H and O–H groups in total. The van der Waals surface area contributed by atoms with Gasteiger partial charge >= 0.3 is 0 Å². The molecule has 4 heteroatoms. The van der Waals surface area contributed by atoms with Crippen molar-refractivity contribution in [2.75, 3.05) is 0 Å². The van der Waals surface area contributed by atoms with E-state index >= 15 is 0 Å². The second-order valence-electron chi connectivity index (χ2n) is 1.87. The number of hydrogen-bond acceptors (Lipinski definition) is 4. The number of hydrogen-bond donors (Lipinski definition) is 3. The van der Waals surface area contributed by atoms with Gasteiger partial charge in [0.25, 0.3) is 0 Å². The fourth-order valence-corrected chi connectivity index (χ4v) is 0.798. The van der Waals surface area contributed by atoms with Gasteiger partial charge in [-0.1, -0.05) is 0 Å². The van der Waals surface area contributed by atoms with E-state index in [1.165, 1.54) is 6.20 Å². The molecule has 10 heavy (non-hydrogen) atoms. The predicted octanol–water partition coefficient (Wildman–Crippen LogP) is 0.535. The molecule has 1 aromatic rings. The van der Waals surface area contributed by atoms with E-state index in [-0.39, 0.29) is 5.75 Å². The van der Waals surface area contributed by atoms with E-state index in [1.54, 1.807) is 6.07 Å². The molecule has 0 fully saturated rings. The quantitative estimate of drug-likeness (QED) is 0.520. The Balaban J connectivity index is 3.04. The summed E-state index contributed by atoms with van der Waals surface area (Å²) in [6.45, 7) is 0.369. The van der Waals surface area contributed by atoms with Crippen LogP contribution < -0.4 is 5.73 Å². The van der Waals surface area contributed by atoms with Crippen molar-refractivity contribution in [3.05, 3.63) is 18.0 Å². The smallest absolute Gasteiger partial charge is 0.147 e. The molecule has 0 amide bonds. The number of rotatable bonds is 1. The lowest BCUT2D eigenvalue weighted by Gasteiger charge is -1.98. The Morgan fingerprint density at radius 2 is 2.40 bits per heavy atom. The van der Waals surface area contributed by atoms with Crippen LogP contribution in [0, 0.1) is 0 Å². The Hall–Kier alpha value is -0.740. The molecule has 0 aliphatic carbocycles. The van der Waals surface area contributed by atoms with Crippen LogP contribution in [0.2, 0.25) is 0 Å². The minimum absolute atomic E-state index is 0.0838. The summed E-state index contributed by atoms with van der Waals surface area (Å²) in [5.74, 6) is 0.0838. The van der Waals surface area contributed by atoms with Crippen molar-refractivity contribution < 1.29 is 5.11 Å². The third kappa shape index (κ3) is 1.40. The summed E-state index contributed by atoms with van der Waals surface area (Å²) in [4.78, 5) is 4.34. The van der Waals surface area contributed by atoms with Gasteiger partial charge in [-0.2, -0.15) is 0 Å². The molecule has 0 atom stereocenters. The van der Waals surface area contributed by atoms with Gasteiger partial charge < -0.3 is 10.8 Å². The monoisotopic (exact) mass is 156 g/mol. The van der Waals surface area contributed by atoms with Gasteiger partial charge in [-0.3, -0.25) is 4.98 Å². The summed E-state index contributed by atoms with van der Waals surface area (Å²) in [6, 6.07) is 1.64. The molecule has 0 saturated carbocycles. The van der Waals surface area contributed by atoms with Crippen LogP contribution in [0.4, 0.5) is 0 Å². The molecule has 0 radical (unpaired) electrons. The molecule has 0 aliphatic heterocycles. The van der Waals surface area contributed by atoms with Crippen molar-refractivity contribution in [1.82, 2.24) is 4.98 Å². The van der Waals surface area contributed by atoms with E-state index in [0.717, 1.165) is 5.69 Å². The third-order valence-corrected chi connectivity index (χ3v) is 1.49. The maximum Gasteiger partial charge on any atom is 0.147 e. The summed E-state index contributed by atoms with van der Waals surface area (Å²) >= 11 is 3.98. The van der Waals surface area contributed by atoms with Crippen molar-refractivity contribution in [3.8, 4) is 5.75 Å². The van der Waals surface area contributed by atoms with Crippen LogP contribution in [0.3, 0.4) is 0 Å². The van der Waals surface area contributed by atoms with Gasteiger partial charge in [-0.15, -0.1) is 12.6 Å². The number of aromatic hydroxyl groups is 1. The lowest BCUT2D eigenvalue weighted by molar-refractivity contribution is 0.459. The highest BCUT2D eigenvalue weighted by molar-refractivity contribution is 7.80. The largest absolute Gasteiger partial charge is 0.505 e. The first-order valence-electron chi connectivity index (χ1n) is 2.81. The predicted molar refractivity (Wildman–Crippen MR) is 41.0 cm³/mol. The van der Waals surface area contributed by atoms with Crippen LogP contribution >= 0.6 is 12.6 Å². The van der Waals surface area contributed by atoms with E-state index in [1.807, 2.05) is 0 Å². The lowest BCUT2D eigenvalue weighted by Crippen LogP contribution is -1.98. The van der Waals surface area contributed by atoms with Crippen LogP contribution in [0.1, 0.15) is 5.69 Å². The third-order valence-electron chi connectivity index (χ3n) is 1.13. The summed E-state index contributed by atoms with van der Waals surface area (Å²) in [5, 5.41) is 8.96. The molecule has 3 nitrogen and oxygen atoms in total. The topological polar surface area (TPSA) is 59.1 Å². The number of aromatic nitrogens is 1. The number of pyridine rings is 1. The van der Waals surface area contributed by atoms with Gasteiger partial charge in [0.2, 0.25) is 0 Å². The second-order valence-corrected chi connectivity index (χ2v) is 2.35. The highest BCUT2D eigenvalue weighted by Crippen LogP contribution is 2.19. The maximum atomic E-state index is 8.96. The minimum Gasteiger partial charge on any atom is -0.505 e. The van der Waals surface area contributed by atoms with Gasteiger partial charge in [0, 0.05) is 11.4 Å². The van der Waals surface area contributed by atoms with Crippen molar-refractivity contribution >= 4 is 12.6 Å². The number of nitrogens with two attached hydrogens (primary N) is 1.